The summed E-state index contributed by atoms with van der Waals surface area (Å²) in [7, 11) is 0. The van der Waals surface area contributed by atoms with Gasteiger partial charge in [-0.3, -0.25) is 0 Å². The molecule has 0 saturated carbocycles. The van der Waals surface area contributed by atoms with E-state index in [1.165, 1.54) is 0 Å². The maximum atomic E-state index is 8.07. The van der Waals surface area contributed by atoms with Gasteiger partial charge >= 0.3 is 45.5 Å². The van der Waals surface area contributed by atoms with E-state index in [1.807, 2.05) is 0 Å². The van der Waals surface area contributed by atoms with Gasteiger partial charge in [0.2, 0.25) is 0 Å². The molecule has 0 rings (SSSR count). The van der Waals surface area contributed by atoms with Gasteiger partial charge in [-0.25, -0.2) is 0 Å². The zero-order chi connectivity index (χ0) is 4.12. The molecule has 0 atom stereocenters. The van der Waals surface area contributed by atoms with Crippen LogP contribution in [0, 0.1) is 0 Å². The molecule has 0 aliphatic carbocycles. The molecule has 0 spiro atoms. The fourth-order valence-electron chi connectivity index (χ4n) is 0.158. The first-order valence-electron chi connectivity index (χ1n) is 2.02. The van der Waals surface area contributed by atoms with Crippen LogP contribution in [0.25, 0.3) is 0 Å². The first-order chi connectivity index (χ1) is 2.41. The molecule has 0 aliphatic heterocycles. The zero-order valence-corrected chi connectivity index (χ0v) is 7.75. The Morgan fingerprint density at radius 2 is 2.17 bits per heavy atom. The molecule has 0 aliphatic rings. The second-order valence-corrected chi connectivity index (χ2v) is 1.08. The Morgan fingerprint density at radius 3 is 2.17 bits per heavy atom. The Kier molecular flexibility index (Phi) is 16.8. The molecule has 1 nitrogen and oxygen atoms in total. The minimum Gasteiger partial charge on any atom is -1.00 e. The summed E-state index contributed by atoms with van der Waals surface area (Å²) in [6.45, 7) is 2.40. The zero-order valence-electron chi connectivity index (χ0n) is 6.28. The van der Waals surface area contributed by atoms with Crippen molar-refractivity contribution in [3.63, 3.8) is 0 Å². The van der Waals surface area contributed by atoms with Crippen molar-refractivity contribution < 1.29 is 7.96 Å². The van der Waals surface area contributed by atoms with Crippen LogP contribution < -0.4 is 0 Å². The Balaban J connectivity index is -0.0000000267. The van der Waals surface area contributed by atoms with Crippen LogP contribution in [0.1, 0.15) is 22.6 Å². The molecule has 0 amide bonds. The van der Waals surface area contributed by atoms with Crippen LogP contribution in [0.15, 0.2) is 0 Å². The summed E-state index contributed by atoms with van der Waals surface area (Å²) in [4.78, 5) is 0. The molecule has 0 saturated heterocycles. The van der Waals surface area contributed by atoms with Gasteiger partial charge in [0.15, 0.2) is 0 Å². The van der Waals surface area contributed by atoms with Gasteiger partial charge in [-0.1, -0.05) is 13.3 Å². The minimum absolute atomic E-state index is 0. The summed E-state index contributed by atoms with van der Waals surface area (Å²) < 4.78 is 0. The summed E-state index contributed by atoms with van der Waals surface area (Å²) >= 11 is 0. The fourth-order valence-corrected chi connectivity index (χ4v) is 0.158. The van der Waals surface area contributed by atoms with E-state index >= 15 is 0 Å². The van der Waals surface area contributed by atoms with Gasteiger partial charge in [-0.15, -0.1) is 0 Å². The monoisotopic (exact) mass is 164 g/mol. The summed E-state index contributed by atoms with van der Waals surface area (Å²) in [5.41, 5.74) is 0. The van der Waals surface area contributed by atoms with E-state index in [4.69, 9.17) is 5.11 Å². The van der Waals surface area contributed by atoms with Crippen molar-refractivity contribution >= 4 is 45.5 Å². The molecule has 0 aromatic rings. The van der Waals surface area contributed by atoms with Crippen molar-refractivity contribution in [1.82, 2.24) is 0 Å². The van der Waals surface area contributed by atoms with E-state index in [0.717, 1.165) is 12.8 Å². The van der Waals surface area contributed by atoms with Crippen LogP contribution in [0.4, 0.5) is 0 Å². The minimum atomic E-state index is 0. The summed E-state index contributed by atoms with van der Waals surface area (Å²) in [5.74, 6) is 0. The average Bonchev–Trinajstić information content (AvgIpc) is 1.41. The van der Waals surface area contributed by atoms with Crippen LogP contribution in [-0.2, 0) is 0 Å². The van der Waals surface area contributed by atoms with Crippen LogP contribution in [0.5, 0.6) is 0 Å². The molecule has 0 bridgehead atoms. The van der Waals surface area contributed by atoms with Gasteiger partial charge in [-0.05, 0) is 6.42 Å². The molecular formula is C4H12OSr. The molecule has 0 unspecified atom stereocenters. The molecule has 1 N–H and O–H groups in total. The van der Waals surface area contributed by atoms with E-state index in [2.05, 4.69) is 6.92 Å². The molecule has 0 heterocycles. The Hall–Kier alpha value is 1.44. The molecule has 36 valence electrons. The first-order valence-corrected chi connectivity index (χ1v) is 2.02. The Labute approximate surface area is 79.0 Å². The van der Waals surface area contributed by atoms with Crippen LogP contribution in [-0.4, -0.2) is 57.2 Å². The van der Waals surface area contributed by atoms with Gasteiger partial charge in [0.05, 0.1) is 0 Å². The standard InChI is InChI=1S/C4H10O.Sr.2H/c1-2-3-4-5;;;/h5H,2-4H2,1H3;;;/q;+2;2*-1. The Morgan fingerprint density at radius 1 is 1.67 bits per heavy atom. The van der Waals surface area contributed by atoms with Gasteiger partial charge < -0.3 is 7.96 Å². The van der Waals surface area contributed by atoms with Crippen LogP contribution >= 0.6 is 0 Å². The first kappa shape index (κ1) is 10.4. The van der Waals surface area contributed by atoms with Gasteiger partial charge in [0, 0.05) is 6.61 Å². The maximum Gasteiger partial charge on any atom is 2.00 e. The summed E-state index contributed by atoms with van der Waals surface area (Å²) in [5, 5.41) is 8.07. The maximum absolute atomic E-state index is 8.07. The molecule has 0 aromatic carbocycles. The molecule has 0 aromatic heterocycles. The van der Waals surface area contributed by atoms with Crippen molar-refractivity contribution in [2.24, 2.45) is 0 Å². The summed E-state index contributed by atoms with van der Waals surface area (Å²) in [6, 6.07) is 0. The van der Waals surface area contributed by atoms with Crippen LogP contribution in [0.2, 0.25) is 0 Å². The number of hydrogen-bond acceptors (Lipinski definition) is 1. The largest absolute Gasteiger partial charge is 2.00 e. The number of rotatable bonds is 2. The van der Waals surface area contributed by atoms with E-state index in [1.54, 1.807) is 0 Å². The molecule has 2 heteroatoms. The van der Waals surface area contributed by atoms with E-state index in [0.29, 0.717) is 6.61 Å². The molecule has 6 heavy (non-hydrogen) atoms. The smallest absolute Gasteiger partial charge is 1.00 e. The second kappa shape index (κ2) is 9.67. The van der Waals surface area contributed by atoms with Crippen molar-refractivity contribution in [3.05, 3.63) is 0 Å². The van der Waals surface area contributed by atoms with Gasteiger partial charge in [-0.2, -0.15) is 0 Å². The quantitative estimate of drug-likeness (QED) is 0.593. The van der Waals surface area contributed by atoms with Crippen molar-refractivity contribution in [1.29, 1.82) is 0 Å². The predicted octanol–water partition coefficient (Wildman–Crippen LogP) is 0.623. The third-order valence-corrected chi connectivity index (χ3v) is 0.512. The molecular weight excluding hydrogens is 152 g/mol. The number of aliphatic hydroxyl groups is 1. The van der Waals surface area contributed by atoms with Crippen molar-refractivity contribution in [2.45, 2.75) is 19.8 Å². The molecule has 0 fully saturated rings. The normalized spacial score (nSPS) is 7.00. The Bertz CT molecular complexity index is 21.5. The van der Waals surface area contributed by atoms with E-state index in [9.17, 15) is 0 Å². The van der Waals surface area contributed by atoms with E-state index < -0.39 is 0 Å². The average molecular weight is 164 g/mol. The van der Waals surface area contributed by atoms with Crippen molar-refractivity contribution in [2.75, 3.05) is 6.61 Å². The number of unbranched alkanes of at least 4 members (excludes halogenated alkanes) is 1. The van der Waals surface area contributed by atoms with Crippen molar-refractivity contribution in [3.8, 4) is 0 Å². The molecule has 0 radical (unpaired) electrons. The number of aliphatic hydroxyl groups excluding tert-OH is 1. The van der Waals surface area contributed by atoms with Crippen LogP contribution in [0.3, 0.4) is 0 Å². The predicted molar refractivity (Wildman–Crippen MR) is 30.0 cm³/mol. The third kappa shape index (κ3) is 9.06. The van der Waals surface area contributed by atoms with E-state index in [-0.39, 0.29) is 48.3 Å². The summed E-state index contributed by atoms with van der Waals surface area (Å²) in [6.07, 6.45) is 2.04. The third-order valence-electron chi connectivity index (χ3n) is 0.512. The second-order valence-electron chi connectivity index (χ2n) is 1.08. The number of hydrogen-bond donors (Lipinski definition) is 1. The van der Waals surface area contributed by atoms with Gasteiger partial charge in [0.25, 0.3) is 0 Å². The fraction of sp³-hybridized carbons (Fsp3) is 1.00. The topological polar surface area (TPSA) is 20.2 Å². The van der Waals surface area contributed by atoms with Gasteiger partial charge in [0.1, 0.15) is 0 Å². The SMILES string of the molecule is CCCCO.[H-].[H-].[Sr+2].